The van der Waals surface area contributed by atoms with Crippen molar-refractivity contribution in [2.24, 2.45) is 10.7 Å². The van der Waals surface area contributed by atoms with Gasteiger partial charge >= 0.3 is 5.91 Å². The molecule has 1 amide bonds. The summed E-state index contributed by atoms with van der Waals surface area (Å²) >= 11 is 0. The maximum absolute atomic E-state index is 10.5. The first kappa shape index (κ1) is 5.77. The average molecular weight is 127 g/mol. The van der Waals surface area contributed by atoms with Crippen LogP contribution in [-0.2, 0) is 4.79 Å². The third-order valence-electron chi connectivity index (χ3n) is 0.896. The molecular weight excluding hydrogens is 122 g/mol. The maximum atomic E-state index is 10.5. The zero-order valence-corrected chi connectivity index (χ0v) is 4.50. The Kier molecular flexibility index (Phi) is 1.20. The average Bonchev–Trinajstić information content (AvgIpc) is 2.13. The van der Waals surface area contributed by atoms with Gasteiger partial charge in [-0.3, -0.25) is 0 Å². The lowest BCUT2D eigenvalue weighted by molar-refractivity contribution is -0.434. The molecule has 1 heterocycles. The smallest absolute Gasteiger partial charge is 0.367 e. The van der Waals surface area contributed by atoms with Crippen LogP contribution in [0.3, 0.4) is 0 Å². The van der Waals surface area contributed by atoms with Crippen LogP contribution in [0, 0.1) is 0 Å². The largest absolute Gasteiger partial charge is 0.859 e. The van der Waals surface area contributed by atoms with E-state index in [0.717, 1.165) is 0 Å². The van der Waals surface area contributed by atoms with Gasteiger partial charge in [-0.2, -0.15) is 4.99 Å². The molecule has 0 atom stereocenters. The number of carbonyl (C=O) groups excluding carboxylic acids is 1. The molecule has 0 unspecified atom stereocenters. The number of quaternary nitrogens is 1. The molecule has 0 saturated carbocycles. The molecule has 1 rings (SSSR count). The topological polar surface area (TPSA) is 95.1 Å². The molecule has 0 spiro atoms. The summed E-state index contributed by atoms with van der Waals surface area (Å²) in [5.41, 5.74) is 4.57. The van der Waals surface area contributed by atoms with E-state index in [9.17, 15) is 9.90 Å². The summed E-state index contributed by atoms with van der Waals surface area (Å²) in [5.74, 6) is -1.19. The van der Waals surface area contributed by atoms with Crippen molar-refractivity contribution in [2.75, 3.05) is 0 Å². The Morgan fingerprint density at radius 3 is 2.78 bits per heavy atom. The Morgan fingerprint density at radius 1 is 1.89 bits per heavy atom. The van der Waals surface area contributed by atoms with Crippen molar-refractivity contribution >= 4 is 12.2 Å². The summed E-state index contributed by atoms with van der Waals surface area (Å²) in [6.07, 6.45) is 1.25. The van der Waals surface area contributed by atoms with E-state index >= 15 is 0 Å². The van der Waals surface area contributed by atoms with E-state index in [-0.39, 0.29) is 5.70 Å². The first-order valence-electron chi connectivity index (χ1n) is 2.30. The highest BCUT2D eigenvalue weighted by atomic mass is 16.3. The van der Waals surface area contributed by atoms with Crippen LogP contribution in [-0.4, -0.2) is 12.2 Å². The zero-order valence-electron chi connectivity index (χ0n) is 4.50. The third-order valence-corrected chi connectivity index (χ3v) is 0.896. The number of aliphatic imine (C=N–C) groups is 1. The highest BCUT2D eigenvalue weighted by Gasteiger charge is 2.17. The molecule has 0 saturated heterocycles. The van der Waals surface area contributed by atoms with Crippen molar-refractivity contribution < 1.29 is 15.2 Å². The van der Waals surface area contributed by atoms with Crippen molar-refractivity contribution in [1.82, 2.24) is 0 Å². The van der Waals surface area contributed by atoms with Gasteiger partial charge in [-0.1, -0.05) is 0 Å². The number of amides is 1. The van der Waals surface area contributed by atoms with Gasteiger partial charge in [-0.15, -0.1) is 0 Å². The molecule has 0 fully saturated rings. The van der Waals surface area contributed by atoms with E-state index in [0.29, 0.717) is 0 Å². The van der Waals surface area contributed by atoms with Gasteiger partial charge < -0.3 is 10.8 Å². The molecule has 0 aliphatic carbocycles. The van der Waals surface area contributed by atoms with Gasteiger partial charge in [0, 0.05) is 0 Å². The van der Waals surface area contributed by atoms with Crippen molar-refractivity contribution in [3.8, 4) is 0 Å². The summed E-state index contributed by atoms with van der Waals surface area (Å²) < 4.78 is 0. The highest BCUT2D eigenvalue weighted by molar-refractivity contribution is 5.93. The Hall–Kier alpha value is -1.36. The predicted molar refractivity (Wildman–Crippen MR) is 26.6 cm³/mol. The van der Waals surface area contributed by atoms with Crippen molar-refractivity contribution in [3.05, 3.63) is 11.6 Å². The normalized spacial score (nSPS) is 22.9. The van der Waals surface area contributed by atoms with E-state index in [1.807, 2.05) is 0 Å². The van der Waals surface area contributed by atoms with Gasteiger partial charge in [-0.25, -0.2) is 10.1 Å². The van der Waals surface area contributed by atoms with E-state index in [1.165, 1.54) is 11.7 Å². The van der Waals surface area contributed by atoms with E-state index in [4.69, 9.17) is 5.73 Å². The molecule has 0 aromatic heterocycles. The summed E-state index contributed by atoms with van der Waals surface area (Å²) in [6.45, 7) is 0. The summed E-state index contributed by atoms with van der Waals surface area (Å²) in [4.78, 5) is 13.9. The zero-order chi connectivity index (χ0) is 6.85. The molecule has 1 aliphatic heterocycles. The Labute approximate surface area is 50.9 Å². The fourth-order valence-corrected chi connectivity index (χ4v) is 0.507. The molecule has 48 valence electrons. The predicted octanol–water partition coefficient (Wildman–Crippen LogP) is -3.39. The first-order valence-corrected chi connectivity index (χ1v) is 2.30. The lowest BCUT2D eigenvalue weighted by Gasteiger charge is -2.01. The first-order chi connectivity index (χ1) is 4.22. The van der Waals surface area contributed by atoms with Crippen LogP contribution >= 0.6 is 0 Å². The van der Waals surface area contributed by atoms with Gasteiger partial charge in [0.25, 0.3) is 0 Å². The summed E-state index contributed by atoms with van der Waals surface area (Å²) in [6, 6.07) is 0. The molecule has 1 aliphatic rings. The molecule has 5 heteroatoms. The monoisotopic (exact) mass is 127 g/mol. The molecule has 0 aromatic carbocycles. The minimum atomic E-state index is -0.773. The molecular formula is C4H5N3O2. The highest BCUT2D eigenvalue weighted by Crippen LogP contribution is 1.94. The van der Waals surface area contributed by atoms with Crippen LogP contribution in [0.15, 0.2) is 16.6 Å². The van der Waals surface area contributed by atoms with Crippen LogP contribution in [0.2, 0.25) is 0 Å². The van der Waals surface area contributed by atoms with Gasteiger partial charge in [0.1, 0.15) is 0 Å². The van der Waals surface area contributed by atoms with E-state index in [2.05, 4.69) is 4.99 Å². The number of hydrogen-bond acceptors (Lipinski definition) is 4. The number of hydrogen-bond donors (Lipinski definition) is 2. The number of rotatable bonds is 0. The second kappa shape index (κ2) is 1.87. The number of primary amides is 1. The molecule has 4 N–H and O–H groups in total. The van der Waals surface area contributed by atoms with Crippen LogP contribution in [0.5, 0.6) is 0 Å². The molecule has 9 heavy (non-hydrogen) atoms. The SMILES string of the molecule is N/C([O-])=C1/N=C[NH2+]C1=O. The number of nitrogens with two attached hydrogens (primary N) is 2. The van der Waals surface area contributed by atoms with Crippen molar-refractivity contribution in [3.63, 3.8) is 0 Å². The second-order valence-electron chi connectivity index (χ2n) is 1.52. The third kappa shape index (κ3) is 0.895. The second-order valence-corrected chi connectivity index (χ2v) is 1.52. The maximum Gasteiger partial charge on any atom is 0.367 e. The van der Waals surface area contributed by atoms with Gasteiger partial charge in [0.05, 0.1) is 0 Å². The lowest BCUT2D eigenvalue weighted by atomic mass is 10.4. The molecule has 5 nitrogen and oxygen atoms in total. The molecule has 0 aromatic rings. The van der Waals surface area contributed by atoms with E-state index in [1.54, 1.807) is 0 Å². The molecule has 0 bridgehead atoms. The fraction of sp³-hybridized carbons (Fsp3) is 0. The van der Waals surface area contributed by atoms with Crippen LogP contribution in [0.4, 0.5) is 0 Å². The quantitative estimate of drug-likeness (QED) is 0.262. The standard InChI is InChI=1S/C4H5N3O2/c5-3(8)2-4(9)7-1-6-2/h1,8H,5H2,(H,6,7,9)/b3-2-. The minimum absolute atomic E-state index is 0.185. The van der Waals surface area contributed by atoms with Crippen LogP contribution in [0.25, 0.3) is 0 Å². The Balaban J connectivity index is 2.95. The van der Waals surface area contributed by atoms with Gasteiger partial charge in [0.2, 0.25) is 0 Å². The van der Waals surface area contributed by atoms with Gasteiger partial charge in [-0.05, 0) is 5.88 Å². The minimum Gasteiger partial charge on any atom is -0.859 e. The number of nitrogens with zero attached hydrogens (tertiary/aromatic N) is 1. The van der Waals surface area contributed by atoms with Gasteiger partial charge in [0.15, 0.2) is 12.0 Å². The van der Waals surface area contributed by atoms with Crippen molar-refractivity contribution in [1.29, 1.82) is 0 Å². The molecule has 0 radical (unpaired) electrons. The van der Waals surface area contributed by atoms with Crippen LogP contribution in [0.1, 0.15) is 0 Å². The summed E-state index contributed by atoms with van der Waals surface area (Å²) in [7, 11) is 0. The number of carbonyl (C=O) groups is 1. The Bertz CT molecular complexity index is 202. The van der Waals surface area contributed by atoms with Crippen molar-refractivity contribution in [2.45, 2.75) is 0 Å². The summed E-state index contributed by atoms with van der Waals surface area (Å²) in [5, 5.41) is 11.4. The lowest BCUT2D eigenvalue weighted by Crippen LogP contribution is -2.84. The Morgan fingerprint density at radius 2 is 2.56 bits per heavy atom. The van der Waals surface area contributed by atoms with E-state index < -0.39 is 11.8 Å². The fourth-order valence-electron chi connectivity index (χ4n) is 0.507. The van der Waals surface area contributed by atoms with Crippen LogP contribution < -0.4 is 16.2 Å².